The van der Waals surface area contributed by atoms with E-state index < -0.39 is 0 Å². The van der Waals surface area contributed by atoms with E-state index in [0.29, 0.717) is 0 Å². The summed E-state index contributed by atoms with van der Waals surface area (Å²) in [6.07, 6.45) is 6.44. The average molecular weight is 530 g/mol. The minimum Gasteiger partial charge on any atom is -0.0754 e. The van der Waals surface area contributed by atoms with E-state index in [1.165, 1.54) is 22.3 Å². The van der Waals surface area contributed by atoms with Crippen LogP contribution in [0.2, 0.25) is 0 Å². The Morgan fingerprint density at radius 2 is 1.56 bits per heavy atom. The molecule has 0 unspecified atom stereocenters. The number of fused-ring (bicyclic) bond motifs is 1. The molecule has 3 heteroatoms. The Hall–Kier alpha value is 0.0101. The summed E-state index contributed by atoms with van der Waals surface area (Å²) >= 11 is 6.22. The zero-order chi connectivity index (χ0) is 12.8. The predicted molar refractivity (Wildman–Crippen MR) is 82.2 cm³/mol. The second-order valence-electron chi connectivity index (χ2n) is 3.77. The standard InChI is InChI=1S/C15H11.2BrH.Hf/c1-2-6-12(7-3-1)14-10-4-8-13-9-5-11-15(13)14;;;/h1-11H;2*1H;/q;;;+2/p-2. The van der Waals surface area contributed by atoms with Gasteiger partial charge in [-0.1, -0.05) is 60.7 Å². The average Bonchev–Trinajstić information content (AvgIpc) is 2.89. The zero-order valence-corrected chi connectivity index (χ0v) is 16.4. The third-order valence-corrected chi connectivity index (χ3v) is 2.76. The van der Waals surface area contributed by atoms with Gasteiger partial charge in [0.1, 0.15) is 0 Å². The van der Waals surface area contributed by atoms with Crippen LogP contribution in [0, 0.1) is 6.42 Å². The third kappa shape index (κ3) is 3.52. The van der Waals surface area contributed by atoms with E-state index in [2.05, 4.69) is 91.7 Å². The number of rotatable bonds is 1. The van der Waals surface area contributed by atoms with Crippen LogP contribution in [-0.4, -0.2) is 0 Å². The molecule has 0 N–H and O–H groups in total. The minimum atomic E-state index is -0.292. The van der Waals surface area contributed by atoms with Gasteiger partial charge in [-0.3, -0.25) is 0 Å². The van der Waals surface area contributed by atoms with Crippen LogP contribution in [0.5, 0.6) is 0 Å². The fourth-order valence-electron chi connectivity index (χ4n) is 2.03. The van der Waals surface area contributed by atoms with Gasteiger partial charge in [0.2, 0.25) is 0 Å². The summed E-state index contributed by atoms with van der Waals surface area (Å²) in [7, 11) is 0. The van der Waals surface area contributed by atoms with Crippen molar-refractivity contribution in [1.29, 1.82) is 0 Å². The summed E-state index contributed by atoms with van der Waals surface area (Å²) in [5.74, 6) is 0. The second-order valence-corrected chi connectivity index (χ2v) is 19.5. The largest absolute Gasteiger partial charge is 0.0754 e. The van der Waals surface area contributed by atoms with Crippen molar-refractivity contribution in [3.63, 3.8) is 0 Å². The molecule has 0 heterocycles. The molecule has 0 saturated heterocycles. The first kappa shape index (κ1) is 14.4. The number of hydrogen-bond donors (Lipinski definition) is 0. The number of halogens is 2. The molecule has 89 valence electrons. The van der Waals surface area contributed by atoms with Crippen LogP contribution in [0.1, 0.15) is 11.1 Å². The molecule has 2 aromatic carbocycles. The molecule has 0 amide bonds. The van der Waals surface area contributed by atoms with Gasteiger partial charge >= 0.3 is 42.8 Å². The molecular formula is C15H11Br2Hf. The van der Waals surface area contributed by atoms with E-state index >= 15 is 0 Å². The molecule has 1 aliphatic rings. The summed E-state index contributed by atoms with van der Waals surface area (Å²) in [4.78, 5) is 0. The van der Waals surface area contributed by atoms with Crippen molar-refractivity contribution in [2.45, 2.75) is 0 Å². The van der Waals surface area contributed by atoms with Crippen LogP contribution in [0.25, 0.3) is 17.2 Å². The van der Waals surface area contributed by atoms with Gasteiger partial charge in [0, 0.05) is 6.42 Å². The summed E-state index contributed by atoms with van der Waals surface area (Å²) in [5.41, 5.74) is 5.26. The van der Waals surface area contributed by atoms with Crippen molar-refractivity contribution in [3.05, 3.63) is 72.2 Å². The van der Waals surface area contributed by atoms with E-state index in [4.69, 9.17) is 0 Å². The Balaban J connectivity index is 0.000000367. The molecule has 1 radical (unpaired) electrons. The van der Waals surface area contributed by atoms with E-state index in [9.17, 15) is 0 Å². The van der Waals surface area contributed by atoms with Gasteiger partial charge in [0.05, 0.1) is 0 Å². The molecule has 0 fully saturated rings. The molecule has 0 spiro atoms. The maximum Gasteiger partial charge on any atom is 0.0131 e. The predicted octanol–water partition coefficient (Wildman–Crippen LogP) is 5.62. The molecular weight excluding hydrogens is 518 g/mol. The van der Waals surface area contributed by atoms with Crippen molar-refractivity contribution in [1.82, 2.24) is 0 Å². The summed E-state index contributed by atoms with van der Waals surface area (Å²) in [6.45, 7) is 0. The van der Waals surface area contributed by atoms with Gasteiger partial charge < -0.3 is 0 Å². The molecule has 0 nitrogen and oxygen atoms in total. The maximum absolute atomic E-state index is 3.26. The van der Waals surface area contributed by atoms with E-state index in [1.807, 2.05) is 0 Å². The second kappa shape index (κ2) is 7.56. The zero-order valence-electron chi connectivity index (χ0n) is 9.61. The van der Waals surface area contributed by atoms with Gasteiger partial charge in [0.25, 0.3) is 0 Å². The van der Waals surface area contributed by atoms with Crippen LogP contribution in [0.4, 0.5) is 0 Å². The van der Waals surface area contributed by atoms with Gasteiger partial charge in [-0.25, -0.2) is 0 Å². The molecule has 0 atom stereocenters. The van der Waals surface area contributed by atoms with Crippen LogP contribution in [-0.2, 0) is 18.2 Å². The van der Waals surface area contributed by atoms with Crippen molar-refractivity contribution >= 4 is 30.7 Å². The Morgan fingerprint density at radius 3 is 2.28 bits per heavy atom. The van der Waals surface area contributed by atoms with Crippen molar-refractivity contribution in [2.75, 3.05) is 0 Å². The first-order valence-corrected chi connectivity index (χ1v) is 21.2. The monoisotopic (exact) mass is 529 g/mol. The van der Waals surface area contributed by atoms with Crippen LogP contribution in [0.15, 0.2) is 54.6 Å². The van der Waals surface area contributed by atoms with Gasteiger partial charge in [-0.05, 0) is 22.3 Å². The Morgan fingerprint density at radius 1 is 0.833 bits per heavy atom. The first-order chi connectivity index (χ1) is 8.86. The molecule has 2 aromatic rings. The molecule has 0 aliphatic heterocycles. The van der Waals surface area contributed by atoms with E-state index in [1.54, 1.807) is 0 Å². The minimum absolute atomic E-state index is 0.292. The van der Waals surface area contributed by atoms with Crippen molar-refractivity contribution in [2.24, 2.45) is 0 Å². The van der Waals surface area contributed by atoms with Crippen molar-refractivity contribution < 1.29 is 18.2 Å². The van der Waals surface area contributed by atoms with Gasteiger partial charge in [-0.15, -0.1) is 0 Å². The molecule has 0 saturated carbocycles. The number of benzene rings is 2. The molecule has 0 bridgehead atoms. The summed E-state index contributed by atoms with van der Waals surface area (Å²) in [5, 5.41) is 0. The van der Waals surface area contributed by atoms with Gasteiger partial charge in [-0.2, -0.15) is 0 Å². The van der Waals surface area contributed by atoms with Crippen LogP contribution >= 0.6 is 24.6 Å². The first-order valence-electron chi connectivity index (χ1n) is 5.53. The quantitative estimate of drug-likeness (QED) is 0.421. The third-order valence-electron chi connectivity index (χ3n) is 2.76. The van der Waals surface area contributed by atoms with Crippen molar-refractivity contribution in [3.8, 4) is 11.1 Å². The maximum atomic E-state index is 3.26. The number of hydrogen-bond acceptors (Lipinski definition) is 0. The normalized spacial score (nSPS) is 11.4. The topological polar surface area (TPSA) is 0 Å². The molecule has 0 aromatic heterocycles. The van der Waals surface area contributed by atoms with E-state index in [0.717, 1.165) is 0 Å². The molecule has 1 aliphatic carbocycles. The SMILES string of the molecule is [Br][Hf][Br].[CH]1C=Cc2c1cccc2-c1ccccc1. The smallest absolute Gasteiger partial charge is 0.0131 e. The Bertz CT molecular complexity index is 535. The van der Waals surface area contributed by atoms with E-state index in [-0.39, 0.29) is 18.2 Å². The Kier molecular flexibility index (Phi) is 6.06. The summed E-state index contributed by atoms with van der Waals surface area (Å²) in [6, 6.07) is 17.0. The molecule has 3 rings (SSSR count). The van der Waals surface area contributed by atoms with Crippen LogP contribution < -0.4 is 0 Å². The Labute approximate surface area is 131 Å². The fourth-order valence-corrected chi connectivity index (χ4v) is 2.03. The molecule has 18 heavy (non-hydrogen) atoms. The van der Waals surface area contributed by atoms with Crippen LogP contribution in [0.3, 0.4) is 0 Å². The summed E-state index contributed by atoms with van der Waals surface area (Å²) < 4.78 is 0. The van der Waals surface area contributed by atoms with Gasteiger partial charge in [0.15, 0.2) is 0 Å². The number of allylic oxidation sites excluding steroid dienone is 1. The fraction of sp³-hybridized carbons (Fsp3) is 0.